The van der Waals surface area contributed by atoms with E-state index in [1.807, 2.05) is 9.80 Å². The highest BCUT2D eigenvalue weighted by Crippen LogP contribution is 2.30. The number of benzene rings is 2. The maximum absolute atomic E-state index is 13.2. The lowest BCUT2D eigenvalue weighted by Gasteiger charge is -2.37. The summed E-state index contributed by atoms with van der Waals surface area (Å²) in [6, 6.07) is 11.5. The Kier molecular flexibility index (Phi) is 6.47. The van der Waals surface area contributed by atoms with Crippen molar-refractivity contribution in [2.24, 2.45) is 22.9 Å². The van der Waals surface area contributed by atoms with Gasteiger partial charge in [0.15, 0.2) is 11.6 Å². The summed E-state index contributed by atoms with van der Waals surface area (Å²) >= 11 is 0. The van der Waals surface area contributed by atoms with E-state index in [0.717, 1.165) is 12.8 Å². The van der Waals surface area contributed by atoms with Crippen LogP contribution in [0.3, 0.4) is 0 Å². The van der Waals surface area contributed by atoms with Crippen molar-refractivity contribution in [1.29, 1.82) is 0 Å². The largest absolute Gasteiger partial charge is 0.338 e. The maximum atomic E-state index is 13.2. The van der Waals surface area contributed by atoms with E-state index < -0.39 is 0 Å². The van der Waals surface area contributed by atoms with Gasteiger partial charge >= 0.3 is 0 Å². The first-order valence-electron chi connectivity index (χ1n) is 13.1. The molecular formula is C27H32N10O2. The SMILES string of the molecule is N[C@@H]1C[C@H](N)CN(c2nc(Nc3ccc4c(c3)C(=O)c3ccccc3C4=O)nc(N3C[C@H](N)C[C@H](N)C3)n2)C1. The number of carbonyl (C=O) groups excluding carboxylic acids is 2. The van der Waals surface area contributed by atoms with Crippen LogP contribution in [0.1, 0.15) is 44.7 Å². The van der Waals surface area contributed by atoms with Gasteiger partial charge in [0, 0.05) is 78.3 Å². The van der Waals surface area contributed by atoms with E-state index in [4.69, 9.17) is 27.9 Å². The number of hydrogen-bond acceptors (Lipinski definition) is 12. The second-order valence-electron chi connectivity index (χ2n) is 10.7. The average Bonchev–Trinajstić information content (AvgIpc) is 2.90. The monoisotopic (exact) mass is 528 g/mol. The van der Waals surface area contributed by atoms with Gasteiger partial charge in [0.25, 0.3) is 0 Å². The Hall–Kier alpha value is -3.97. The van der Waals surface area contributed by atoms with E-state index in [-0.39, 0.29) is 41.7 Å². The molecule has 4 atom stereocenters. The van der Waals surface area contributed by atoms with Crippen LogP contribution in [-0.4, -0.2) is 76.9 Å². The summed E-state index contributed by atoms with van der Waals surface area (Å²) in [6.45, 7) is 2.24. The molecule has 3 aliphatic rings. The number of nitrogens with zero attached hydrogens (tertiary/aromatic N) is 5. The molecule has 0 bridgehead atoms. The molecule has 1 aromatic heterocycles. The first-order valence-corrected chi connectivity index (χ1v) is 13.1. The Labute approximate surface area is 225 Å². The van der Waals surface area contributed by atoms with Gasteiger partial charge in [-0.05, 0) is 31.0 Å². The van der Waals surface area contributed by atoms with Crippen LogP contribution >= 0.6 is 0 Å². The molecule has 2 aliphatic heterocycles. The molecule has 6 rings (SSSR count). The molecule has 0 unspecified atom stereocenters. The van der Waals surface area contributed by atoms with Crippen LogP contribution in [0.15, 0.2) is 42.5 Å². The van der Waals surface area contributed by atoms with Crippen LogP contribution in [0.25, 0.3) is 0 Å². The predicted molar refractivity (Wildman–Crippen MR) is 148 cm³/mol. The number of nitrogens with two attached hydrogens (primary N) is 4. The number of hydrogen-bond donors (Lipinski definition) is 5. The molecule has 2 fully saturated rings. The van der Waals surface area contributed by atoms with Crippen molar-refractivity contribution in [2.45, 2.75) is 37.0 Å². The molecule has 202 valence electrons. The quantitative estimate of drug-likeness (QED) is 0.240. The summed E-state index contributed by atoms with van der Waals surface area (Å²) < 4.78 is 0. The lowest BCUT2D eigenvalue weighted by Crippen LogP contribution is -2.54. The molecular weight excluding hydrogens is 496 g/mol. The molecule has 12 heteroatoms. The molecule has 39 heavy (non-hydrogen) atoms. The average molecular weight is 529 g/mol. The lowest BCUT2D eigenvalue weighted by molar-refractivity contribution is 0.0979. The third kappa shape index (κ3) is 4.94. The summed E-state index contributed by atoms with van der Waals surface area (Å²) in [5.41, 5.74) is 27.1. The maximum Gasteiger partial charge on any atom is 0.233 e. The standard InChI is InChI=1S/C27H32N10O2/c28-14-7-15(29)11-36(10-14)26-33-25(34-27(35-26)37-12-16(30)8-17(31)13-37)32-18-5-6-21-22(9-18)24(39)20-4-2-1-3-19(20)23(21)38/h1-6,9,14-17H,7-8,10-13,28-31H2,(H,32,33,34,35)/t14-,15+,16-,17+. The fourth-order valence-electron chi connectivity index (χ4n) is 5.68. The molecule has 0 radical (unpaired) electrons. The first kappa shape index (κ1) is 25.3. The smallest absolute Gasteiger partial charge is 0.233 e. The molecule has 3 aromatic rings. The fraction of sp³-hybridized carbons (Fsp3) is 0.370. The number of fused-ring (bicyclic) bond motifs is 2. The molecule has 0 spiro atoms. The molecule has 9 N–H and O–H groups in total. The summed E-state index contributed by atoms with van der Waals surface area (Å²) in [5.74, 6) is 0.795. The van der Waals surface area contributed by atoms with Crippen molar-refractivity contribution in [2.75, 3.05) is 41.3 Å². The summed E-state index contributed by atoms with van der Waals surface area (Å²) in [4.78, 5) is 44.3. The van der Waals surface area contributed by atoms with Crippen molar-refractivity contribution >= 4 is 35.1 Å². The third-order valence-electron chi connectivity index (χ3n) is 7.39. The molecule has 1 aliphatic carbocycles. The zero-order chi connectivity index (χ0) is 27.3. The Morgan fingerprint density at radius 2 is 1.10 bits per heavy atom. The molecule has 3 heterocycles. The van der Waals surface area contributed by atoms with Crippen molar-refractivity contribution in [3.8, 4) is 0 Å². The Balaban J connectivity index is 1.35. The van der Waals surface area contributed by atoms with Crippen LogP contribution < -0.4 is 38.1 Å². The van der Waals surface area contributed by atoms with E-state index >= 15 is 0 Å². The lowest BCUT2D eigenvalue weighted by atomic mass is 9.84. The minimum Gasteiger partial charge on any atom is -0.338 e. The van der Waals surface area contributed by atoms with Gasteiger partial charge in [0.1, 0.15) is 0 Å². The normalized spacial score (nSPS) is 24.8. The van der Waals surface area contributed by atoms with Gasteiger partial charge in [0.05, 0.1) is 0 Å². The number of anilines is 4. The minimum atomic E-state index is -0.201. The van der Waals surface area contributed by atoms with E-state index in [0.29, 0.717) is 66.0 Å². The van der Waals surface area contributed by atoms with Gasteiger partial charge < -0.3 is 38.1 Å². The number of aromatic nitrogens is 3. The Bertz CT molecular complexity index is 1380. The van der Waals surface area contributed by atoms with Crippen LogP contribution in [0, 0.1) is 0 Å². The van der Waals surface area contributed by atoms with E-state index in [1.165, 1.54) is 0 Å². The summed E-state index contributed by atoms with van der Waals surface area (Å²) in [6.07, 6.45) is 1.45. The second kappa shape index (κ2) is 9.97. The van der Waals surface area contributed by atoms with Crippen molar-refractivity contribution in [1.82, 2.24) is 15.0 Å². The molecule has 2 saturated heterocycles. The van der Waals surface area contributed by atoms with E-state index in [1.54, 1.807) is 42.5 Å². The van der Waals surface area contributed by atoms with Crippen LogP contribution in [0.2, 0.25) is 0 Å². The number of ketones is 2. The Morgan fingerprint density at radius 3 is 1.62 bits per heavy atom. The van der Waals surface area contributed by atoms with Crippen molar-refractivity contribution < 1.29 is 9.59 Å². The van der Waals surface area contributed by atoms with Gasteiger partial charge in [-0.15, -0.1) is 0 Å². The number of rotatable bonds is 4. The van der Waals surface area contributed by atoms with E-state index in [2.05, 4.69) is 15.3 Å². The van der Waals surface area contributed by atoms with Gasteiger partial charge in [-0.3, -0.25) is 9.59 Å². The highest BCUT2D eigenvalue weighted by atomic mass is 16.1. The van der Waals surface area contributed by atoms with Crippen molar-refractivity contribution in [3.05, 3.63) is 64.7 Å². The molecule has 2 aromatic carbocycles. The fourth-order valence-corrected chi connectivity index (χ4v) is 5.68. The van der Waals surface area contributed by atoms with Gasteiger partial charge in [-0.2, -0.15) is 15.0 Å². The Morgan fingerprint density at radius 1 is 0.641 bits per heavy atom. The highest BCUT2D eigenvalue weighted by Gasteiger charge is 2.31. The van der Waals surface area contributed by atoms with E-state index in [9.17, 15) is 9.59 Å². The summed E-state index contributed by atoms with van der Waals surface area (Å²) in [7, 11) is 0. The van der Waals surface area contributed by atoms with Gasteiger partial charge in [-0.25, -0.2) is 0 Å². The first-order chi connectivity index (χ1) is 18.7. The summed E-state index contributed by atoms with van der Waals surface area (Å²) in [5, 5.41) is 3.21. The topological polar surface area (TPSA) is 195 Å². The zero-order valence-corrected chi connectivity index (χ0v) is 21.5. The van der Waals surface area contributed by atoms with Crippen LogP contribution in [0.4, 0.5) is 23.5 Å². The second-order valence-corrected chi connectivity index (χ2v) is 10.7. The third-order valence-corrected chi connectivity index (χ3v) is 7.39. The van der Waals surface area contributed by atoms with Gasteiger partial charge in [0.2, 0.25) is 17.8 Å². The van der Waals surface area contributed by atoms with Crippen LogP contribution in [-0.2, 0) is 0 Å². The highest BCUT2D eigenvalue weighted by molar-refractivity contribution is 6.28. The van der Waals surface area contributed by atoms with Crippen LogP contribution in [0.5, 0.6) is 0 Å². The number of nitrogens with one attached hydrogen (secondary N) is 1. The van der Waals surface area contributed by atoms with Gasteiger partial charge in [-0.1, -0.05) is 24.3 Å². The minimum absolute atomic E-state index is 0.103. The number of carbonyl (C=O) groups is 2. The zero-order valence-electron chi connectivity index (χ0n) is 21.5. The van der Waals surface area contributed by atoms with Crippen molar-refractivity contribution in [3.63, 3.8) is 0 Å². The molecule has 0 amide bonds. The molecule has 0 saturated carbocycles. The number of piperidine rings is 2. The predicted octanol–water partition coefficient (Wildman–Crippen LogP) is 0.120. The molecule has 12 nitrogen and oxygen atoms in total.